The van der Waals surface area contributed by atoms with Crippen molar-refractivity contribution in [2.24, 2.45) is 5.41 Å². The van der Waals surface area contributed by atoms with Crippen molar-refractivity contribution >= 4 is 49.2 Å². The van der Waals surface area contributed by atoms with E-state index >= 15 is 0 Å². The molecule has 2 rings (SSSR count). The highest BCUT2D eigenvalue weighted by Gasteiger charge is 2.46. The van der Waals surface area contributed by atoms with Gasteiger partial charge in [-0.25, -0.2) is 8.78 Å². The fourth-order valence-corrected chi connectivity index (χ4v) is 5.40. The second-order valence-corrected chi connectivity index (χ2v) is 8.27. The lowest BCUT2D eigenvalue weighted by Gasteiger charge is -2.38. The van der Waals surface area contributed by atoms with Gasteiger partial charge in [-0.05, 0) is 50.1 Å². The molecule has 0 aliphatic heterocycles. The minimum absolute atomic E-state index is 0.0234. The van der Waals surface area contributed by atoms with Crippen molar-refractivity contribution in [1.82, 2.24) is 0 Å². The van der Waals surface area contributed by atoms with Crippen molar-refractivity contribution in [1.29, 1.82) is 0 Å². The van der Waals surface area contributed by atoms with Crippen LogP contribution in [0.2, 0.25) is 0 Å². The van der Waals surface area contributed by atoms with Crippen molar-refractivity contribution in [2.75, 3.05) is 0 Å². The number of carboxylic acid groups (broad SMARTS) is 1. The van der Waals surface area contributed by atoms with Crippen molar-refractivity contribution in [3.63, 3.8) is 0 Å². The molecule has 0 saturated heterocycles. The summed E-state index contributed by atoms with van der Waals surface area (Å²) in [7, 11) is 0. The molecule has 0 atom stereocenters. The van der Waals surface area contributed by atoms with E-state index in [0.717, 1.165) is 30.6 Å². The van der Waals surface area contributed by atoms with Crippen LogP contribution in [0.25, 0.3) is 0 Å². The van der Waals surface area contributed by atoms with Crippen LogP contribution < -0.4 is 0 Å². The van der Waals surface area contributed by atoms with Crippen LogP contribution in [-0.4, -0.2) is 11.1 Å². The second kappa shape index (κ2) is 6.62. The Labute approximate surface area is 143 Å². The molecule has 7 heteroatoms. The summed E-state index contributed by atoms with van der Waals surface area (Å²) in [6.45, 7) is 0. The number of thiophene rings is 1. The summed E-state index contributed by atoms with van der Waals surface area (Å²) in [4.78, 5) is 11.1. The average molecular weight is 446 g/mol. The van der Waals surface area contributed by atoms with Crippen LogP contribution in [0.3, 0.4) is 0 Å². The first kappa shape index (κ1) is 17.3. The van der Waals surface area contributed by atoms with E-state index in [0.29, 0.717) is 21.8 Å². The number of rotatable bonds is 5. The summed E-state index contributed by atoms with van der Waals surface area (Å²) in [6, 6.07) is 0. The standard InChI is InChI=1S/C14H16Br2F2O2S/c15-9-7-21-12(11(9)16)14(17,18)8-13(6-10(19)20)4-2-1-3-5-13/h7H,1-6,8H2,(H,19,20). The third-order valence-electron chi connectivity index (χ3n) is 4.06. The Kier molecular flexibility index (Phi) is 5.47. The topological polar surface area (TPSA) is 37.3 Å². The summed E-state index contributed by atoms with van der Waals surface area (Å²) < 4.78 is 30.3. The van der Waals surface area contributed by atoms with Gasteiger partial charge in [-0.1, -0.05) is 19.3 Å². The molecule has 0 bridgehead atoms. The van der Waals surface area contributed by atoms with E-state index in [9.17, 15) is 13.6 Å². The highest BCUT2D eigenvalue weighted by molar-refractivity contribution is 9.13. The molecule has 1 fully saturated rings. The van der Waals surface area contributed by atoms with Crippen LogP contribution in [-0.2, 0) is 10.7 Å². The van der Waals surface area contributed by atoms with Crippen molar-refractivity contribution in [2.45, 2.75) is 50.9 Å². The number of carboxylic acids is 1. The molecule has 0 radical (unpaired) electrons. The van der Waals surface area contributed by atoms with Gasteiger partial charge in [0, 0.05) is 16.3 Å². The molecule has 1 aromatic rings. The molecule has 0 aromatic carbocycles. The molecule has 1 saturated carbocycles. The maximum absolute atomic E-state index is 14.7. The predicted molar refractivity (Wildman–Crippen MR) is 86.0 cm³/mol. The fourth-order valence-electron chi connectivity index (χ4n) is 3.16. The number of halogens is 4. The zero-order valence-electron chi connectivity index (χ0n) is 11.3. The normalized spacial score (nSPS) is 18.7. The molecule has 1 heterocycles. The Balaban J connectivity index is 2.26. The first-order valence-electron chi connectivity index (χ1n) is 6.78. The lowest BCUT2D eigenvalue weighted by Crippen LogP contribution is -2.33. The van der Waals surface area contributed by atoms with E-state index in [1.54, 1.807) is 5.38 Å². The minimum atomic E-state index is -3.01. The minimum Gasteiger partial charge on any atom is -0.481 e. The first-order valence-corrected chi connectivity index (χ1v) is 9.25. The van der Waals surface area contributed by atoms with Gasteiger partial charge in [0.05, 0.1) is 15.8 Å². The van der Waals surface area contributed by atoms with Crippen LogP contribution in [0.15, 0.2) is 14.3 Å². The van der Waals surface area contributed by atoms with Gasteiger partial charge in [0.1, 0.15) is 0 Å². The molecule has 1 aliphatic carbocycles. The summed E-state index contributed by atoms with van der Waals surface area (Å²) in [5, 5.41) is 10.7. The highest BCUT2D eigenvalue weighted by atomic mass is 79.9. The van der Waals surface area contributed by atoms with E-state index in [4.69, 9.17) is 5.11 Å². The number of hydrogen-bond acceptors (Lipinski definition) is 2. The van der Waals surface area contributed by atoms with E-state index in [1.807, 2.05) is 0 Å². The van der Waals surface area contributed by atoms with Crippen LogP contribution >= 0.6 is 43.2 Å². The van der Waals surface area contributed by atoms with E-state index in [-0.39, 0.29) is 11.3 Å². The molecule has 1 N–H and O–H groups in total. The summed E-state index contributed by atoms with van der Waals surface area (Å²) >= 11 is 7.41. The van der Waals surface area contributed by atoms with Gasteiger partial charge in [-0.15, -0.1) is 11.3 Å². The Morgan fingerprint density at radius 3 is 2.43 bits per heavy atom. The Morgan fingerprint density at radius 2 is 1.95 bits per heavy atom. The van der Waals surface area contributed by atoms with Gasteiger partial charge in [0.2, 0.25) is 0 Å². The van der Waals surface area contributed by atoms with Crippen LogP contribution in [0.5, 0.6) is 0 Å². The molecule has 2 nitrogen and oxygen atoms in total. The monoisotopic (exact) mass is 444 g/mol. The summed E-state index contributed by atoms with van der Waals surface area (Å²) in [5.41, 5.74) is -0.788. The van der Waals surface area contributed by atoms with Gasteiger partial charge in [0.15, 0.2) is 0 Å². The summed E-state index contributed by atoms with van der Waals surface area (Å²) in [6.07, 6.45) is 3.24. The van der Waals surface area contributed by atoms with Crippen molar-refractivity contribution in [3.8, 4) is 0 Å². The number of aliphatic carboxylic acids is 1. The van der Waals surface area contributed by atoms with Crippen molar-refractivity contribution < 1.29 is 18.7 Å². The zero-order valence-corrected chi connectivity index (χ0v) is 15.3. The molecular formula is C14H16Br2F2O2S. The molecular weight excluding hydrogens is 430 g/mol. The van der Waals surface area contributed by atoms with E-state index in [1.165, 1.54) is 0 Å². The molecule has 1 aliphatic rings. The quantitative estimate of drug-likeness (QED) is 0.587. The third-order valence-corrected chi connectivity index (χ3v) is 7.70. The van der Waals surface area contributed by atoms with Crippen LogP contribution in [0.1, 0.15) is 49.8 Å². The van der Waals surface area contributed by atoms with Gasteiger partial charge in [-0.2, -0.15) is 0 Å². The smallest absolute Gasteiger partial charge is 0.303 e. The number of carbonyl (C=O) groups is 1. The molecule has 0 unspecified atom stereocenters. The Morgan fingerprint density at radius 1 is 1.33 bits per heavy atom. The predicted octanol–water partition coefficient (Wildman–Crippen LogP) is 6.18. The van der Waals surface area contributed by atoms with E-state index in [2.05, 4.69) is 31.9 Å². The van der Waals surface area contributed by atoms with Gasteiger partial charge in [-0.3, -0.25) is 4.79 Å². The van der Waals surface area contributed by atoms with Crippen LogP contribution in [0.4, 0.5) is 8.78 Å². The Bertz CT molecular complexity index is 525. The van der Waals surface area contributed by atoms with Crippen LogP contribution in [0, 0.1) is 5.41 Å². The maximum atomic E-state index is 14.7. The zero-order chi connectivity index (χ0) is 15.7. The lowest BCUT2D eigenvalue weighted by molar-refractivity contribution is -0.143. The Hall–Kier alpha value is -0.0100. The average Bonchev–Trinajstić information content (AvgIpc) is 2.69. The summed E-state index contributed by atoms with van der Waals surface area (Å²) in [5.74, 6) is -4.00. The highest BCUT2D eigenvalue weighted by Crippen LogP contribution is 2.52. The van der Waals surface area contributed by atoms with Crippen molar-refractivity contribution in [3.05, 3.63) is 19.2 Å². The lowest BCUT2D eigenvalue weighted by atomic mass is 9.68. The molecule has 0 spiro atoms. The van der Waals surface area contributed by atoms with E-state index < -0.39 is 23.7 Å². The SMILES string of the molecule is O=C(O)CC1(CC(F)(F)c2scc(Br)c2Br)CCCCC1. The second-order valence-electron chi connectivity index (χ2n) is 5.74. The molecule has 21 heavy (non-hydrogen) atoms. The molecule has 1 aromatic heterocycles. The van der Waals surface area contributed by atoms with Gasteiger partial charge < -0.3 is 5.11 Å². The fraction of sp³-hybridized carbons (Fsp3) is 0.643. The van der Waals surface area contributed by atoms with Gasteiger partial charge in [0.25, 0.3) is 5.92 Å². The molecule has 118 valence electrons. The molecule has 0 amide bonds. The first-order chi connectivity index (χ1) is 9.76. The largest absolute Gasteiger partial charge is 0.481 e. The maximum Gasteiger partial charge on any atom is 0.303 e. The number of hydrogen-bond donors (Lipinski definition) is 1. The third kappa shape index (κ3) is 4.05. The number of alkyl halides is 2. The van der Waals surface area contributed by atoms with Gasteiger partial charge >= 0.3 is 5.97 Å².